The number of amides is 4. The van der Waals surface area contributed by atoms with Crippen molar-refractivity contribution in [1.82, 2.24) is 25.5 Å². The van der Waals surface area contributed by atoms with Crippen molar-refractivity contribution in [2.24, 2.45) is 0 Å². The predicted molar refractivity (Wildman–Crippen MR) is 116 cm³/mol. The minimum Gasteiger partial charge on any atom is -0.345 e. The zero-order chi connectivity index (χ0) is 21.1. The number of carbonyl (C=O) groups excluding carboxylic acids is 3. The number of hydrogen-bond donors (Lipinski definition) is 3. The fraction of sp³-hybridized carbons (Fsp3) is 0.524. The number of benzene rings is 1. The number of thioether (sulfide) groups is 1. The van der Waals surface area contributed by atoms with Crippen LogP contribution in [0.15, 0.2) is 24.3 Å². The van der Waals surface area contributed by atoms with Gasteiger partial charge in [0.25, 0.3) is 5.91 Å². The molecule has 160 valence electrons. The summed E-state index contributed by atoms with van der Waals surface area (Å²) in [7, 11) is 0. The van der Waals surface area contributed by atoms with E-state index in [-0.39, 0.29) is 24.4 Å². The van der Waals surface area contributed by atoms with E-state index in [9.17, 15) is 14.4 Å². The van der Waals surface area contributed by atoms with Crippen LogP contribution in [0.5, 0.6) is 0 Å². The standard InChI is InChI=1S/C21H27N5O3S/c1-30-12-9-16(18-23-14-7-3-4-8-15(14)24-18)22-17(27)13-26-19(28)21(25-20(26)29)10-5-2-6-11-21/h3-4,7-8,16H,2,5-6,9-13H2,1H3,(H,22,27)(H,23,24)(H,25,29). The highest BCUT2D eigenvalue weighted by atomic mass is 32.2. The molecule has 1 aromatic carbocycles. The number of aromatic amines is 1. The van der Waals surface area contributed by atoms with Crippen LogP contribution in [-0.4, -0.2) is 56.8 Å². The van der Waals surface area contributed by atoms with Crippen LogP contribution in [0.2, 0.25) is 0 Å². The Labute approximate surface area is 179 Å². The predicted octanol–water partition coefficient (Wildman–Crippen LogP) is 2.73. The second-order valence-corrected chi connectivity index (χ2v) is 8.99. The highest BCUT2D eigenvalue weighted by Crippen LogP contribution is 2.33. The minimum absolute atomic E-state index is 0.272. The second-order valence-electron chi connectivity index (χ2n) is 8.00. The summed E-state index contributed by atoms with van der Waals surface area (Å²) in [5.74, 6) is 0.887. The molecule has 2 aromatic rings. The molecule has 3 N–H and O–H groups in total. The van der Waals surface area contributed by atoms with Gasteiger partial charge in [-0.25, -0.2) is 9.78 Å². The molecule has 1 unspecified atom stereocenters. The van der Waals surface area contributed by atoms with E-state index < -0.39 is 11.6 Å². The molecule has 4 amide bonds. The zero-order valence-electron chi connectivity index (χ0n) is 17.1. The van der Waals surface area contributed by atoms with Gasteiger partial charge in [0.05, 0.1) is 17.1 Å². The van der Waals surface area contributed by atoms with Gasteiger partial charge in [-0.15, -0.1) is 0 Å². The number of hydrogen-bond acceptors (Lipinski definition) is 5. The Morgan fingerprint density at radius 2 is 2.03 bits per heavy atom. The Balaban J connectivity index is 1.46. The van der Waals surface area contributed by atoms with E-state index in [0.29, 0.717) is 25.1 Å². The largest absolute Gasteiger partial charge is 0.345 e. The van der Waals surface area contributed by atoms with Gasteiger partial charge >= 0.3 is 6.03 Å². The van der Waals surface area contributed by atoms with Crippen LogP contribution >= 0.6 is 11.8 Å². The Bertz CT molecular complexity index is 920. The van der Waals surface area contributed by atoms with Gasteiger partial charge < -0.3 is 15.6 Å². The number of rotatable bonds is 7. The molecule has 2 fully saturated rings. The van der Waals surface area contributed by atoms with Gasteiger partial charge in [-0.3, -0.25) is 14.5 Å². The molecule has 0 radical (unpaired) electrons. The van der Waals surface area contributed by atoms with Gasteiger partial charge in [0.15, 0.2) is 0 Å². The van der Waals surface area contributed by atoms with E-state index in [0.717, 1.165) is 40.9 Å². The van der Waals surface area contributed by atoms with E-state index in [4.69, 9.17) is 0 Å². The third kappa shape index (κ3) is 4.03. The van der Waals surface area contributed by atoms with Gasteiger partial charge in [-0.05, 0) is 43.4 Å². The maximum atomic E-state index is 12.9. The van der Waals surface area contributed by atoms with E-state index in [2.05, 4.69) is 20.6 Å². The monoisotopic (exact) mass is 429 g/mol. The molecule has 1 spiro atoms. The van der Waals surface area contributed by atoms with Crippen LogP contribution in [0.1, 0.15) is 50.4 Å². The first-order chi connectivity index (χ1) is 14.5. The summed E-state index contributed by atoms with van der Waals surface area (Å²) < 4.78 is 0. The molecule has 30 heavy (non-hydrogen) atoms. The molecular weight excluding hydrogens is 402 g/mol. The first-order valence-electron chi connectivity index (χ1n) is 10.4. The smallest absolute Gasteiger partial charge is 0.325 e. The van der Waals surface area contributed by atoms with Crippen molar-refractivity contribution in [3.63, 3.8) is 0 Å². The van der Waals surface area contributed by atoms with Crippen LogP contribution in [0.4, 0.5) is 4.79 Å². The fourth-order valence-corrected chi connectivity index (χ4v) is 4.82. The summed E-state index contributed by atoms with van der Waals surface area (Å²) in [5, 5.41) is 5.82. The van der Waals surface area contributed by atoms with E-state index in [1.807, 2.05) is 30.5 Å². The number of aromatic nitrogens is 2. The molecule has 0 bridgehead atoms. The molecule has 1 aliphatic heterocycles. The van der Waals surface area contributed by atoms with Crippen molar-refractivity contribution < 1.29 is 14.4 Å². The molecule has 9 heteroatoms. The van der Waals surface area contributed by atoms with Crippen molar-refractivity contribution in [1.29, 1.82) is 0 Å². The lowest BCUT2D eigenvalue weighted by atomic mass is 9.82. The second kappa shape index (κ2) is 8.67. The molecule has 2 aliphatic rings. The molecule has 8 nitrogen and oxygen atoms in total. The molecule has 2 heterocycles. The van der Waals surface area contributed by atoms with Crippen molar-refractivity contribution in [3.8, 4) is 0 Å². The van der Waals surface area contributed by atoms with E-state index in [1.54, 1.807) is 11.8 Å². The molecule has 1 aromatic heterocycles. The highest BCUT2D eigenvalue weighted by Gasteiger charge is 2.51. The third-order valence-electron chi connectivity index (χ3n) is 5.94. The van der Waals surface area contributed by atoms with Crippen LogP contribution in [0.25, 0.3) is 11.0 Å². The van der Waals surface area contributed by atoms with Gasteiger partial charge in [0.2, 0.25) is 5.91 Å². The van der Waals surface area contributed by atoms with E-state index >= 15 is 0 Å². The Hall–Kier alpha value is -2.55. The van der Waals surface area contributed by atoms with Crippen molar-refractivity contribution in [2.45, 2.75) is 50.1 Å². The molecule has 1 aliphatic carbocycles. The molecule has 1 atom stereocenters. The van der Waals surface area contributed by atoms with Gasteiger partial charge in [0.1, 0.15) is 17.9 Å². The average molecular weight is 430 g/mol. The summed E-state index contributed by atoms with van der Waals surface area (Å²) in [5.41, 5.74) is 0.931. The van der Waals surface area contributed by atoms with Gasteiger partial charge in [-0.1, -0.05) is 31.4 Å². The Morgan fingerprint density at radius 1 is 1.27 bits per heavy atom. The van der Waals surface area contributed by atoms with E-state index in [1.165, 1.54) is 0 Å². The number of para-hydroxylation sites is 2. The lowest BCUT2D eigenvalue weighted by Gasteiger charge is -2.30. The number of imidazole rings is 1. The summed E-state index contributed by atoms with van der Waals surface area (Å²) >= 11 is 1.69. The van der Waals surface area contributed by atoms with Crippen LogP contribution < -0.4 is 10.6 Å². The summed E-state index contributed by atoms with van der Waals surface area (Å²) in [4.78, 5) is 47.1. The maximum absolute atomic E-state index is 12.9. The topological polar surface area (TPSA) is 107 Å². The number of fused-ring (bicyclic) bond motifs is 1. The number of urea groups is 1. The maximum Gasteiger partial charge on any atom is 0.325 e. The quantitative estimate of drug-likeness (QED) is 0.587. The molecule has 1 saturated carbocycles. The lowest BCUT2D eigenvalue weighted by Crippen LogP contribution is -2.49. The first-order valence-corrected chi connectivity index (χ1v) is 11.8. The summed E-state index contributed by atoms with van der Waals surface area (Å²) in [6.45, 7) is -0.275. The molecule has 1 saturated heterocycles. The van der Waals surface area contributed by atoms with Crippen molar-refractivity contribution in [2.75, 3.05) is 18.6 Å². The average Bonchev–Trinajstić information content (AvgIpc) is 3.27. The first kappa shape index (κ1) is 20.7. The fourth-order valence-electron chi connectivity index (χ4n) is 4.35. The molecule has 4 rings (SSSR count). The van der Waals surface area contributed by atoms with Gasteiger partial charge in [-0.2, -0.15) is 11.8 Å². The van der Waals surface area contributed by atoms with Crippen LogP contribution in [-0.2, 0) is 9.59 Å². The number of imide groups is 1. The van der Waals surface area contributed by atoms with Crippen LogP contribution in [0.3, 0.4) is 0 Å². The van der Waals surface area contributed by atoms with Crippen molar-refractivity contribution >= 4 is 40.6 Å². The normalized spacial score (nSPS) is 19.3. The number of carbonyl (C=O) groups is 3. The molecular formula is C21H27N5O3S. The highest BCUT2D eigenvalue weighted by molar-refractivity contribution is 7.98. The SMILES string of the molecule is CSCCC(NC(=O)CN1C(=O)NC2(CCCCC2)C1=O)c1nc2ccccc2[nH]1. The Morgan fingerprint density at radius 3 is 2.77 bits per heavy atom. The lowest BCUT2D eigenvalue weighted by molar-refractivity contribution is -0.136. The number of nitrogens with zero attached hydrogens (tertiary/aromatic N) is 2. The zero-order valence-corrected chi connectivity index (χ0v) is 17.9. The number of H-pyrrole nitrogens is 1. The summed E-state index contributed by atoms with van der Waals surface area (Å²) in [6.07, 6.45) is 6.88. The Kier molecular flexibility index (Phi) is 5.99. The minimum atomic E-state index is -0.813. The van der Waals surface area contributed by atoms with Gasteiger partial charge in [0, 0.05) is 0 Å². The van der Waals surface area contributed by atoms with Crippen molar-refractivity contribution in [3.05, 3.63) is 30.1 Å². The summed E-state index contributed by atoms with van der Waals surface area (Å²) in [6, 6.07) is 6.92. The van der Waals surface area contributed by atoms with Crippen LogP contribution in [0, 0.1) is 0 Å². The number of nitrogens with one attached hydrogen (secondary N) is 3. The third-order valence-corrected chi connectivity index (χ3v) is 6.58.